The van der Waals surface area contributed by atoms with Crippen molar-refractivity contribution in [2.24, 2.45) is 10.7 Å². The lowest BCUT2D eigenvalue weighted by Crippen LogP contribution is -2.14. The van der Waals surface area contributed by atoms with Gasteiger partial charge in [0, 0.05) is 11.8 Å². The van der Waals surface area contributed by atoms with E-state index < -0.39 is 0 Å². The molecule has 0 spiro atoms. The van der Waals surface area contributed by atoms with E-state index in [0.717, 1.165) is 21.1 Å². The lowest BCUT2D eigenvalue weighted by atomic mass is 9.87. The zero-order chi connectivity index (χ0) is 21.3. The Morgan fingerprint density at radius 2 is 1.83 bits per heavy atom. The Labute approximate surface area is 178 Å². The highest BCUT2D eigenvalue weighted by Gasteiger charge is 2.18. The van der Waals surface area contributed by atoms with Crippen LogP contribution in [0.4, 0.5) is 6.01 Å². The minimum absolute atomic E-state index is 0.0806. The number of rotatable bonds is 4. The van der Waals surface area contributed by atoms with Gasteiger partial charge in [-0.1, -0.05) is 56.2 Å². The van der Waals surface area contributed by atoms with Crippen molar-refractivity contribution in [1.29, 1.82) is 0 Å². The van der Waals surface area contributed by atoms with Crippen LogP contribution in [0.15, 0.2) is 58.1 Å². The van der Waals surface area contributed by atoms with Gasteiger partial charge in [-0.2, -0.15) is 4.99 Å². The zero-order valence-electron chi connectivity index (χ0n) is 17.2. The van der Waals surface area contributed by atoms with Crippen molar-refractivity contribution in [3.05, 3.63) is 65.6 Å². The maximum Gasteiger partial charge on any atom is 0.344 e. The first kappa shape index (κ1) is 19.9. The van der Waals surface area contributed by atoms with E-state index in [1.54, 1.807) is 12.3 Å². The topological polar surface area (TPSA) is 103 Å². The summed E-state index contributed by atoms with van der Waals surface area (Å²) in [6, 6.07) is 14.0. The number of nitrogens with zero attached hydrogens (tertiary/aromatic N) is 5. The van der Waals surface area contributed by atoms with E-state index in [1.165, 1.54) is 16.9 Å². The Hall–Kier alpha value is -3.39. The molecule has 0 bridgehead atoms. The number of pyridine rings is 1. The average molecular weight is 419 g/mol. The van der Waals surface area contributed by atoms with Crippen molar-refractivity contribution in [2.75, 3.05) is 0 Å². The molecule has 2 N–H and O–H groups in total. The second kappa shape index (κ2) is 7.79. The number of thiazole rings is 1. The Morgan fingerprint density at radius 1 is 1.07 bits per heavy atom. The monoisotopic (exact) mass is 418 g/mol. The summed E-state index contributed by atoms with van der Waals surface area (Å²) in [4.78, 5) is 13.8. The summed E-state index contributed by atoms with van der Waals surface area (Å²) in [6.45, 7) is 8.52. The molecular weight excluding hydrogens is 396 g/mol. The van der Waals surface area contributed by atoms with E-state index in [0.29, 0.717) is 11.6 Å². The number of benzene rings is 1. The summed E-state index contributed by atoms with van der Waals surface area (Å²) in [5, 5.41) is 9.01. The molecule has 0 aliphatic carbocycles. The summed E-state index contributed by atoms with van der Waals surface area (Å²) < 4.78 is 5.71. The van der Waals surface area contributed by atoms with Crippen LogP contribution in [-0.4, -0.2) is 26.0 Å². The molecule has 0 amide bonds. The van der Waals surface area contributed by atoms with Gasteiger partial charge in [-0.3, -0.25) is 4.98 Å². The zero-order valence-corrected chi connectivity index (χ0v) is 18.1. The Balaban J connectivity index is 1.60. The maximum absolute atomic E-state index is 5.98. The summed E-state index contributed by atoms with van der Waals surface area (Å²) in [5.41, 5.74) is 9.80. The first-order valence-corrected chi connectivity index (χ1v) is 10.3. The Bertz CT molecular complexity index is 1190. The van der Waals surface area contributed by atoms with Crippen molar-refractivity contribution in [3.8, 4) is 21.3 Å². The Morgan fingerprint density at radius 3 is 2.50 bits per heavy atom. The third-order valence-electron chi connectivity index (χ3n) is 4.55. The van der Waals surface area contributed by atoms with E-state index in [1.807, 2.05) is 19.1 Å². The maximum atomic E-state index is 5.98. The lowest BCUT2D eigenvalue weighted by molar-refractivity contribution is 0.580. The highest BCUT2D eigenvalue weighted by Crippen LogP contribution is 2.36. The number of hydrogen-bond donors (Lipinski definition) is 1. The van der Waals surface area contributed by atoms with Crippen molar-refractivity contribution < 1.29 is 4.42 Å². The molecule has 0 unspecified atom stereocenters. The highest BCUT2D eigenvalue weighted by atomic mass is 32.1. The van der Waals surface area contributed by atoms with Gasteiger partial charge in [0.25, 0.3) is 5.89 Å². The third kappa shape index (κ3) is 4.13. The lowest BCUT2D eigenvalue weighted by Gasteiger charge is -2.18. The molecule has 3 aromatic heterocycles. The molecule has 0 saturated heterocycles. The molecule has 7 nitrogen and oxygen atoms in total. The van der Waals surface area contributed by atoms with Crippen molar-refractivity contribution in [3.63, 3.8) is 0 Å². The molecule has 0 fully saturated rings. The molecule has 0 aliphatic heterocycles. The summed E-state index contributed by atoms with van der Waals surface area (Å²) in [7, 11) is 0. The molecule has 0 aliphatic rings. The number of aliphatic imine (C=N–C) groups is 1. The van der Waals surface area contributed by atoms with Gasteiger partial charge in [0.15, 0.2) is 5.84 Å². The molecule has 152 valence electrons. The first-order chi connectivity index (χ1) is 14.3. The van der Waals surface area contributed by atoms with Crippen LogP contribution in [0.1, 0.15) is 37.7 Å². The standard InChI is InChI=1S/C22H22N6OS/c1-13-17(30-20(25-13)14-8-10-15(11-9-14)22(2,3)4)19-27-28-21(29-19)26-18(23)16-7-5-6-12-24-16/h5-12H,1-4H3,(H2,23,26,28). The molecule has 1 aromatic carbocycles. The van der Waals surface area contributed by atoms with Crippen LogP contribution >= 0.6 is 11.3 Å². The first-order valence-electron chi connectivity index (χ1n) is 9.49. The van der Waals surface area contributed by atoms with E-state index in [9.17, 15) is 0 Å². The molecule has 0 radical (unpaired) electrons. The van der Waals surface area contributed by atoms with Gasteiger partial charge in [0.2, 0.25) is 0 Å². The fourth-order valence-electron chi connectivity index (χ4n) is 2.86. The molecule has 8 heteroatoms. The fraction of sp³-hybridized carbons (Fsp3) is 0.227. The van der Waals surface area contributed by atoms with Crippen molar-refractivity contribution in [2.45, 2.75) is 33.1 Å². The van der Waals surface area contributed by atoms with Crippen molar-refractivity contribution in [1.82, 2.24) is 20.2 Å². The second-order valence-corrected chi connectivity index (χ2v) is 8.86. The number of hydrogen-bond acceptors (Lipinski definition) is 7. The van der Waals surface area contributed by atoms with E-state index in [4.69, 9.17) is 10.2 Å². The van der Waals surface area contributed by atoms with Gasteiger partial charge in [-0.15, -0.1) is 16.4 Å². The van der Waals surface area contributed by atoms with Crippen LogP contribution in [0.5, 0.6) is 0 Å². The second-order valence-electron chi connectivity index (χ2n) is 7.86. The SMILES string of the molecule is Cc1nc(-c2ccc(C(C)(C)C)cc2)sc1-c1nnc(/N=C(\N)c2ccccn2)o1. The predicted molar refractivity (Wildman–Crippen MR) is 119 cm³/mol. The molecule has 30 heavy (non-hydrogen) atoms. The molecule has 4 aromatic rings. The minimum Gasteiger partial charge on any atom is -0.401 e. The van der Waals surface area contributed by atoms with E-state index in [-0.39, 0.29) is 17.3 Å². The highest BCUT2D eigenvalue weighted by molar-refractivity contribution is 7.18. The van der Waals surface area contributed by atoms with Crippen LogP contribution in [-0.2, 0) is 5.41 Å². The Kier molecular flexibility index (Phi) is 5.17. The molecule has 3 heterocycles. The van der Waals surface area contributed by atoms with Crippen molar-refractivity contribution >= 4 is 23.2 Å². The number of nitrogens with two attached hydrogens (primary N) is 1. The molecular formula is C22H22N6OS. The summed E-state index contributed by atoms with van der Waals surface area (Å²) >= 11 is 1.51. The predicted octanol–water partition coefficient (Wildman–Crippen LogP) is 4.90. The van der Waals surface area contributed by atoms with Crippen LogP contribution in [0.2, 0.25) is 0 Å². The normalized spacial score (nSPS) is 12.3. The van der Waals surface area contributed by atoms with Crippen LogP contribution in [0.3, 0.4) is 0 Å². The largest absolute Gasteiger partial charge is 0.401 e. The van der Waals surface area contributed by atoms with E-state index >= 15 is 0 Å². The molecule has 0 atom stereocenters. The van der Waals surface area contributed by atoms with Crippen LogP contribution in [0.25, 0.3) is 21.3 Å². The summed E-state index contributed by atoms with van der Waals surface area (Å²) in [5.74, 6) is 0.585. The molecule has 4 rings (SSSR count). The van der Waals surface area contributed by atoms with E-state index in [2.05, 4.69) is 70.2 Å². The van der Waals surface area contributed by atoms with Crippen LogP contribution in [0, 0.1) is 6.92 Å². The van der Waals surface area contributed by atoms with Gasteiger partial charge < -0.3 is 10.2 Å². The van der Waals surface area contributed by atoms with Gasteiger partial charge >= 0.3 is 6.01 Å². The minimum atomic E-state index is 0.0806. The number of aryl methyl sites for hydroxylation is 1. The van der Waals surface area contributed by atoms with Gasteiger partial charge in [-0.05, 0) is 30.0 Å². The molecule has 0 saturated carbocycles. The third-order valence-corrected chi connectivity index (χ3v) is 5.74. The average Bonchev–Trinajstić information content (AvgIpc) is 3.34. The van der Waals surface area contributed by atoms with Crippen LogP contribution < -0.4 is 5.73 Å². The fourth-order valence-corrected chi connectivity index (χ4v) is 3.85. The smallest absolute Gasteiger partial charge is 0.344 e. The van der Waals surface area contributed by atoms with Gasteiger partial charge in [0.05, 0.1) is 5.69 Å². The quantitative estimate of drug-likeness (QED) is 0.373. The summed E-state index contributed by atoms with van der Waals surface area (Å²) in [6.07, 6.45) is 1.65. The van der Waals surface area contributed by atoms with Gasteiger partial charge in [0.1, 0.15) is 15.6 Å². The van der Waals surface area contributed by atoms with Gasteiger partial charge in [-0.25, -0.2) is 4.98 Å². The number of aromatic nitrogens is 4. The number of amidine groups is 1.